The van der Waals surface area contributed by atoms with Gasteiger partial charge in [0.15, 0.2) is 0 Å². The third-order valence-electron chi connectivity index (χ3n) is 5.19. The molecule has 2 N–H and O–H groups in total. The molecule has 1 amide bonds. The van der Waals surface area contributed by atoms with Crippen molar-refractivity contribution < 1.29 is 4.79 Å². The smallest absolute Gasteiger partial charge is 0.230 e. The number of carbonyl (C=O) groups is 1. The van der Waals surface area contributed by atoms with Crippen molar-refractivity contribution in [1.82, 2.24) is 9.97 Å². The molecule has 0 atom stereocenters. The molecule has 5 heteroatoms. The molecule has 152 valence electrons. The first-order chi connectivity index (χ1) is 14.6. The molecule has 0 spiro atoms. The number of benzene rings is 2. The van der Waals surface area contributed by atoms with Crippen LogP contribution in [0.2, 0.25) is 0 Å². The number of hydrogen-bond acceptors (Lipinski definition) is 3. The van der Waals surface area contributed by atoms with Crippen molar-refractivity contribution in [3.05, 3.63) is 90.3 Å². The van der Waals surface area contributed by atoms with Crippen LogP contribution in [0.1, 0.15) is 25.0 Å². The first-order valence-corrected chi connectivity index (χ1v) is 10.2. The summed E-state index contributed by atoms with van der Waals surface area (Å²) in [5, 5.41) is 3.98. The number of fused-ring (bicyclic) bond motifs is 1. The van der Waals surface area contributed by atoms with Crippen LogP contribution in [0.4, 0.5) is 11.5 Å². The number of hydrogen-bond donors (Lipinski definition) is 2. The Morgan fingerprint density at radius 3 is 2.53 bits per heavy atom. The summed E-state index contributed by atoms with van der Waals surface area (Å²) in [6.45, 7) is 5.14. The number of aromatic amines is 1. The standard InChI is InChI=1S/C25H26N4O/c1-18(2)29(17-19-8-4-3-5-9-19)21-12-13-24(27-16-21)28-25(30)14-20-15-26-23-11-7-6-10-22(20)23/h3-13,15-16,18,26H,14,17H2,1-2H3,(H,27,28,30). The second kappa shape index (κ2) is 8.82. The molecule has 30 heavy (non-hydrogen) atoms. The van der Waals surface area contributed by atoms with E-state index in [1.165, 1.54) is 5.56 Å². The number of pyridine rings is 1. The summed E-state index contributed by atoms with van der Waals surface area (Å²) in [7, 11) is 0. The van der Waals surface area contributed by atoms with E-state index in [9.17, 15) is 4.79 Å². The molecule has 0 saturated carbocycles. The molecular formula is C25H26N4O. The van der Waals surface area contributed by atoms with Crippen molar-refractivity contribution in [2.75, 3.05) is 10.2 Å². The Hall–Kier alpha value is -3.60. The molecule has 2 aromatic heterocycles. The van der Waals surface area contributed by atoms with Gasteiger partial charge in [-0.15, -0.1) is 0 Å². The van der Waals surface area contributed by atoms with Crippen LogP contribution in [0.25, 0.3) is 10.9 Å². The van der Waals surface area contributed by atoms with Gasteiger partial charge in [-0.2, -0.15) is 0 Å². The minimum atomic E-state index is -0.0787. The molecule has 0 fully saturated rings. The number of nitrogens with zero attached hydrogens (tertiary/aromatic N) is 2. The quantitative estimate of drug-likeness (QED) is 0.452. The predicted octanol–water partition coefficient (Wildman–Crippen LogP) is 5.16. The highest BCUT2D eigenvalue weighted by Gasteiger charge is 2.13. The highest BCUT2D eigenvalue weighted by molar-refractivity contribution is 5.95. The van der Waals surface area contributed by atoms with Gasteiger partial charge in [-0.25, -0.2) is 4.98 Å². The number of para-hydroxylation sites is 1. The first kappa shape index (κ1) is 19.7. The lowest BCUT2D eigenvalue weighted by Gasteiger charge is -2.29. The number of carbonyl (C=O) groups excluding carboxylic acids is 1. The van der Waals surface area contributed by atoms with Crippen LogP contribution in [0, 0.1) is 0 Å². The van der Waals surface area contributed by atoms with Gasteiger partial charge in [0.1, 0.15) is 5.82 Å². The Bertz CT molecular complexity index is 1120. The third kappa shape index (κ3) is 4.51. The summed E-state index contributed by atoms with van der Waals surface area (Å²) in [4.78, 5) is 22.5. The summed E-state index contributed by atoms with van der Waals surface area (Å²) in [6, 6.07) is 22.6. The Kier molecular flexibility index (Phi) is 5.80. The van der Waals surface area contributed by atoms with Crippen molar-refractivity contribution in [1.29, 1.82) is 0 Å². The van der Waals surface area contributed by atoms with Crippen LogP contribution in [-0.2, 0) is 17.8 Å². The van der Waals surface area contributed by atoms with Gasteiger partial charge < -0.3 is 15.2 Å². The van der Waals surface area contributed by atoms with E-state index < -0.39 is 0 Å². The second-order valence-corrected chi connectivity index (χ2v) is 7.69. The summed E-state index contributed by atoms with van der Waals surface area (Å²) >= 11 is 0. The predicted molar refractivity (Wildman–Crippen MR) is 123 cm³/mol. The van der Waals surface area contributed by atoms with Gasteiger partial charge in [0, 0.05) is 29.7 Å². The highest BCUT2D eigenvalue weighted by atomic mass is 16.1. The number of nitrogens with one attached hydrogen (secondary N) is 2. The van der Waals surface area contributed by atoms with E-state index in [0.717, 1.165) is 28.7 Å². The fourth-order valence-electron chi connectivity index (χ4n) is 3.62. The van der Waals surface area contributed by atoms with E-state index in [1.807, 2.05) is 54.9 Å². The van der Waals surface area contributed by atoms with Crippen LogP contribution in [0.3, 0.4) is 0 Å². The molecule has 0 aliphatic rings. The molecule has 4 rings (SSSR count). The van der Waals surface area contributed by atoms with Crippen molar-refractivity contribution in [2.45, 2.75) is 32.9 Å². The minimum Gasteiger partial charge on any atom is -0.364 e. The molecular weight excluding hydrogens is 372 g/mol. The first-order valence-electron chi connectivity index (χ1n) is 10.2. The van der Waals surface area contributed by atoms with Crippen LogP contribution in [0.5, 0.6) is 0 Å². The van der Waals surface area contributed by atoms with Crippen molar-refractivity contribution in [3.8, 4) is 0 Å². The van der Waals surface area contributed by atoms with Gasteiger partial charge in [-0.1, -0.05) is 48.5 Å². The van der Waals surface area contributed by atoms with E-state index in [0.29, 0.717) is 18.3 Å². The molecule has 0 unspecified atom stereocenters. The summed E-state index contributed by atoms with van der Waals surface area (Å²) < 4.78 is 0. The Morgan fingerprint density at radius 2 is 1.80 bits per heavy atom. The Balaban J connectivity index is 1.42. The number of anilines is 2. The topological polar surface area (TPSA) is 61.0 Å². The molecule has 0 bridgehead atoms. The van der Waals surface area contributed by atoms with Gasteiger partial charge in [0.2, 0.25) is 5.91 Å². The molecule has 0 aliphatic carbocycles. The lowest BCUT2D eigenvalue weighted by Crippen LogP contribution is -2.30. The fraction of sp³-hybridized carbons (Fsp3) is 0.200. The SMILES string of the molecule is CC(C)N(Cc1ccccc1)c1ccc(NC(=O)Cc2c[nH]c3ccccc23)nc1. The van der Waals surface area contributed by atoms with E-state index in [-0.39, 0.29) is 5.91 Å². The van der Waals surface area contributed by atoms with Crippen molar-refractivity contribution in [2.24, 2.45) is 0 Å². The van der Waals surface area contributed by atoms with E-state index in [1.54, 1.807) is 0 Å². The molecule has 2 aromatic carbocycles. The normalized spacial score (nSPS) is 11.0. The van der Waals surface area contributed by atoms with Crippen LogP contribution in [-0.4, -0.2) is 21.9 Å². The van der Waals surface area contributed by atoms with Gasteiger partial charge in [-0.3, -0.25) is 4.79 Å². The zero-order valence-electron chi connectivity index (χ0n) is 17.3. The Labute approximate surface area is 176 Å². The van der Waals surface area contributed by atoms with Gasteiger partial charge in [0.25, 0.3) is 0 Å². The van der Waals surface area contributed by atoms with Crippen LogP contribution in [0.15, 0.2) is 79.1 Å². The lowest BCUT2D eigenvalue weighted by molar-refractivity contribution is -0.115. The maximum absolute atomic E-state index is 12.5. The van der Waals surface area contributed by atoms with Crippen LogP contribution >= 0.6 is 0 Å². The summed E-state index contributed by atoms with van der Waals surface area (Å²) in [5.74, 6) is 0.483. The Morgan fingerprint density at radius 1 is 1.03 bits per heavy atom. The fourth-order valence-corrected chi connectivity index (χ4v) is 3.62. The highest BCUT2D eigenvalue weighted by Crippen LogP contribution is 2.22. The monoisotopic (exact) mass is 398 g/mol. The average Bonchev–Trinajstić information content (AvgIpc) is 3.16. The van der Waals surface area contributed by atoms with Gasteiger partial charge in [-0.05, 0) is 43.2 Å². The number of H-pyrrole nitrogens is 1. The van der Waals surface area contributed by atoms with E-state index >= 15 is 0 Å². The zero-order chi connectivity index (χ0) is 20.9. The molecule has 4 aromatic rings. The maximum Gasteiger partial charge on any atom is 0.230 e. The zero-order valence-corrected chi connectivity index (χ0v) is 17.3. The molecule has 0 radical (unpaired) electrons. The molecule has 2 heterocycles. The lowest BCUT2D eigenvalue weighted by atomic mass is 10.1. The molecule has 0 saturated heterocycles. The van der Waals surface area contributed by atoms with Crippen molar-refractivity contribution >= 4 is 28.3 Å². The largest absolute Gasteiger partial charge is 0.364 e. The molecule has 5 nitrogen and oxygen atoms in total. The maximum atomic E-state index is 12.5. The average molecular weight is 399 g/mol. The summed E-state index contributed by atoms with van der Waals surface area (Å²) in [5.41, 5.74) is 4.30. The van der Waals surface area contributed by atoms with Gasteiger partial charge >= 0.3 is 0 Å². The number of rotatable bonds is 7. The molecule has 0 aliphatic heterocycles. The second-order valence-electron chi connectivity index (χ2n) is 7.69. The van der Waals surface area contributed by atoms with E-state index in [2.05, 4.69) is 58.3 Å². The van der Waals surface area contributed by atoms with E-state index in [4.69, 9.17) is 0 Å². The van der Waals surface area contributed by atoms with Crippen molar-refractivity contribution in [3.63, 3.8) is 0 Å². The summed E-state index contributed by atoms with van der Waals surface area (Å²) in [6.07, 6.45) is 4.02. The van der Waals surface area contributed by atoms with Crippen LogP contribution < -0.4 is 10.2 Å². The third-order valence-corrected chi connectivity index (χ3v) is 5.19. The van der Waals surface area contributed by atoms with Gasteiger partial charge in [0.05, 0.1) is 18.3 Å². The number of amides is 1. The minimum absolute atomic E-state index is 0.0787. The number of aromatic nitrogens is 2.